The fraction of sp³-hybridized carbons (Fsp3) is 0.111. The summed E-state index contributed by atoms with van der Waals surface area (Å²) in [5.41, 5.74) is 8.31. The average molecular weight is 360 g/mol. The normalized spacial score (nSPS) is 10.7. The van der Waals surface area contributed by atoms with E-state index in [-0.39, 0.29) is 17.6 Å². The second kappa shape index (κ2) is 6.79. The number of hydrogen-bond acceptors (Lipinski definition) is 9. The highest BCUT2D eigenvalue weighted by molar-refractivity contribution is 5.60. The summed E-state index contributed by atoms with van der Waals surface area (Å²) in [5.74, 6) is 1.18. The van der Waals surface area contributed by atoms with Gasteiger partial charge in [0.1, 0.15) is 5.69 Å². The first-order valence-corrected chi connectivity index (χ1v) is 8.18. The van der Waals surface area contributed by atoms with Crippen molar-refractivity contribution in [1.29, 1.82) is 0 Å². The molecule has 3 aromatic heterocycles. The molecule has 4 aromatic rings. The fourth-order valence-electron chi connectivity index (χ4n) is 2.52. The molecule has 9 heteroatoms. The summed E-state index contributed by atoms with van der Waals surface area (Å²) >= 11 is 0. The zero-order valence-corrected chi connectivity index (χ0v) is 14.7. The second-order valence-electron chi connectivity index (χ2n) is 5.80. The summed E-state index contributed by atoms with van der Waals surface area (Å²) in [5, 5.41) is 3.97. The molecule has 0 unspecified atom stereocenters. The van der Waals surface area contributed by atoms with Crippen molar-refractivity contribution in [2.24, 2.45) is 0 Å². The Kier molecular flexibility index (Phi) is 4.17. The maximum atomic E-state index is 5.87. The summed E-state index contributed by atoms with van der Waals surface area (Å²) in [6.45, 7) is 1.92. The van der Waals surface area contributed by atoms with Crippen molar-refractivity contribution in [3.63, 3.8) is 0 Å². The number of rotatable bonds is 4. The minimum absolute atomic E-state index is 0.0677. The Morgan fingerprint density at radius 2 is 1.74 bits per heavy atom. The number of anilines is 3. The van der Waals surface area contributed by atoms with Crippen molar-refractivity contribution in [2.75, 3.05) is 17.7 Å². The van der Waals surface area contributed by atoms with Crippen LogP contribution in [0, 0.1) is 6.92 Å². The molecule has 1 aromatic carbocycles. The lowest BCUT2D eigenvalue weighted by atomic mass is 10.2. The van der Waals surface area contributed by atoms with Crippen molar-refractivity contribution < 1.29 is 4.52 Å². The largest absolute Gasteiger partial charge is 0.368 e. The Balaban J connectivity index is 1.71. The van der Waals surface area contributed by atoms with E-state index in [0.29, 0.717) is 17.5 Å². The highest BCUT2D eigenvalue weighted by Gasteiger charge is 2.18. The van der Waals surface area contributed by atoms with Gasteiger partial charge in [-0.2, -0.15) is 19.9 Å². The van der Waals surface area contributed by atoms with Crippen LogP contribution < -0.4 is 10.6 Å². The average Bonchev–Trinajstić information content (AvgIpc) is 3.18. The summed E-state index contributed by atoms with van der Waals surface area (Å²) in [6, 6.07) is 13.4. The molecule has 0 radical (unpaired) electrons. The maximum Gasteiger partial charge on any atom is 0.277 e. The van der Waals surface area contributed by atoms with Gasteiger partial charge in [0, 0.05) is 18.9 Å². The Labute approximate surface area is 154 Å². The van der Waals surface area contributed by atoms with Gasteiger partial charge < -0.3 is 15.2 Å². The molecule has 0 fully saturated rings. The van der Waals surface area contributed by atoms with E-state index in [1.807, 2.05) is 56.4 Å². The van der Waals surface area contributed by atoms with Gasteiger partial charge in [-0.25, -0.2) is 0 Å². The minimum atomic E-state index is 0.0677. The van der Waals surface area contributed by atoms with Crippen molar-refractivity contribution in [1.82, 2.24) is 30.1 Å². The standard InChI is InChI=1S/C18H16N8O/c1-11-7-6-10-20-13(11)16-21-15(25-27-16)14-22-17(19)24-18(23-14)26(2)12-8-4-3-5-9-12/h3-10H,1-2H3,(H2,19,22,23,24). The molecule has 9 nitrogen and oxygen atoms in total. The van der Waals surface area contributed by atoms with Crippen LogP contribution in [-0.2, 0) is 0 Å². The molecule has 0 aliphatic heterocycles. The zero-order chi connectivity index (χ0) is 18.8. The van der Waals surface area contributed by atoms with Crippen LogP contribution in [0.4, 0.5) is 17.6 Å². The molecular weight excluding hydrogens is 344 g/mol. The van der Waals surface area contributed by atoms with E-state index in [2.05, 4.69) is 30.1 Å². The van der Waals surface area contributed by atoms with Crippen LogP contribution >= 0.6 is 0 Å². The first-order chi connectivity index (χ1) is 13.1. The predicted octanol–water partition coefficient (Wildman–Crippen LogP) is 2.64. The topological polar surface area (TPSA) is 120 Å². The van der Waals surface area contributed by atoms with Crippen LogP contribution in [0.15, 0.2) is 53.2 Å². The van der Waals surface area contributed by atoms with Crippen LogP contribution in [-0.4, -0.2) is 37.1 Å². The van der Waals surface area contributed by atoms with Crippen molar-refractivity contribution in [2.45, 2.75) is 6.92 Å². The van der Waals surface area contributed by atoms with Gasteiger partial charge in [0.25, 0.3) is 5.89 Å². The van der Waals surface area contributed by atoms with Gasteiger partial charge in [-0.3, -0.25) is 4.98 Å². The number of aromatic nitrogens is 6. The number of nitrogens with zero attached hydrogens (tertiary/aromatic N) is 7. The van der Waals surface area contributed by atoms with Crippen molar-refractivity contribution in [3.05, 3.63) is 54.2 Å². The van der Waals surface area contributed by atoms with E-state index in [4.69, 9.17) is 10.3 Å². The van der Waals surface area contributed by atoms with Crippen molar-refractivity contribution in [3.8, 4) is 23.2 Å². The summed E-state index contributed by atoms with van der Waals surface area (Å²) in [4.78, 5) is 23.2. The van der Waals surface area contributed by atoms with Gasteiger partial charge >= 0.3 is 0 Å². The number of nitrogens with two attached hydrogens (primary N) is 1. The Bertz CT molecular complexity index is 1080. The first-order valence-electron chi connectivity index (χ1n) is 8.18. The Hall–Kier alpha value is -3.88. The van der Waals surface area contributed by atoms with Crippen LogP contribution in [0.25, 0.3) is 23.2 Å². The SMILES string of the molecule is Cc1cccnc1-c1nc(-c2nc(N)nc(N(C)c3ccccc3)n2)no1. The van der Waals surface area contributed by atoms with E-state index in [0.717, 1.165) is 11.3 Å². The quantitative estimate of drug-likeness (QED) is 0.585. The smallest absolute Gasteiger partial charge is 0.277 e. The fourth-order valence-corrected chi connectivity index (χ4v) is 2.52. The van der Waals surface area contributed by atoms with Gasteiger partial charge in [-0.1, -0.05) is 29.4 Å². The Morgan fingerprint density at radius 1 is 0.926 bits per heavy atom. The van der Waals surface area contributed by atoms with Crippen LogP contribution in [0.1, 0.15) is 5.56 Å². The molecule has 0 saturated heterocycles. The molecule has 0 aliphatic carbocycles. The van der Waals surface area contributed by atoms with E-state index in [1.165, 1.54) is 0 Å². The molecule has 4 rings (SSSR count). The summed E-state index contributed by atoms with van der Waals surface area (Å²) < 4.78 is 5.33. The number of benzene rings is 1. The van der Waals surface area contributed by atoms with E-state index in [1.54, 1.807) is 11.1 Å². The molecule has 3 heterocycles. The molecule has 27 heavy (non-hydrogen) atoms. The number of aryl methyl sites for hydroxylation is 1. The molecule has 0 spiro atoms. The molecule has 0 bridgehead atoms. The first kappa shape index (κ1) is 16.6. The molecule has 0 atom stereocenters. The van der Waals surface area contributed by atoms with Crippen molar-refractivity contribution >= 4 is 17.6 Å². The van der Waals surface area contributed by atoms with Gasteiger partial charge in [-0.15, -0.1) is 0 Å². The maximum absolute atomic E-state index is 5.87. The van der Waals surface area contributed by atoms with E-state index in [9.17, 15) is 0 Å². The molecule has 0 aliphatic rings. The van der Waals surface area contributed by atoms with Gasteiger partial charge in [0.2, 0.25) is 23.5 Å². The highest BCUT2D eigenvalue weighted by Crippen LogP contribution is 2.24. The molecule has 0 amide bonds. The van der Waals surface area contributed by atoms with Gasteiger partial charge in [0.15, 0.2) is 0 Å². The number of hydrogen-bond donors (Lipinski definition) is 1. The number of nitrogen functional groups attached to an aromatic ring is 1. The summed E-state index contributed by atoms with van der Waals surface area (Å²) in [6.07, 6.45) is 1.67. The zero-order valence-electron chi connectivity index (χ0n) is 14.7. The minimum Gasteiger partial charge on any atom is -0.368 e. The lowest BCUT2D eigenvalue weighted by molar-refractivity contribution is 0.430. The molecule has 0 saturated carbocycles. The van der Waals surface area contributed by atoms with Crippen LogP contribution in [0.3, 0.4) is 0 Å². The molecule has 2 N–H and O–H groups in total. The third kappa shape index (κ3) is 3.30. The monoisotopic (exact) mass is 360 g/mol. The van der Waals surface area contributed by atoms with Gasteiger partial charge in [0.05, 0.1) is 0 Å². The molecular formula is C18H16N8O. The highest BCUT2D eigenvalue weighted by atomic mass is 16.5. The van der Waals surface area contributed by atoms with E-state index >= 15 is 0 Å². The second-order valence-corrected chi connectivity index (χ2v) is 5.80. The third-order valence-corrected chi connectivity index (χ3v) is 3.92. The lowest BCUT2D eigenvalue weighted by Gasteiger charge is -2.17. The number of para-hydroxylation sites is 1. The number of pyridine rings is 1. The third-order valence-electron chi connectivity index (χ3n) is 3.92. The van der Waals surface area contributed by atoms with Crippen LogP contribution in [0.5, 0.6) is 0 Å². The molecule has 134 valence electrons. The summed E-state index contributed by atoms with van der Waals surface area (Å²) in [7, 11) is 1.84. The van der Waals surface area contributed by atoms with Crippen LogP contribution in [0.2, 0.25) is 0 Å². The van der Waals surface area contributed by atoms with E-state index < -0.39 is 0 Å². The van der Waals surface area contributed by atoms with Gasteiger partial charge in [-0.05, 0) is 30.7 Å². The predicted molar refractivity (Wildman–Crippen MR) is 100 cm³/mol. The Morgan fingerprint density at radius 3 is 2.52 bits per heavy atom. The lowest BCUT2D eigenvalue weighted by Crippen LogP contribution is -2.15.